The summed E-state index contributed by atoms with van der Waals surface area (Å²) in [5.74, 6) is 2.78. The molecule has 0 saturated heterocycles. The summed E-state index contributed by atoms with van der Waals surface area (Å²) in [5, 5.41) is 0.904. The van der Waals surface area contributed by atoms with Crippen molar-refractivity contribution < 1.29 is 0 Å². The van der Waals surface area contributed by atoms with E-state index in [9.17, 15) is 0 Å². The first-order chi connectivity index (χ1) is 7.00. The van der Waals surface area contributed by atoms with Crippen LogP contribution in [0.15, 0.2) is 6.07 Å². The number of thiophene rings is 1. The van der Waals surface area contributed by atoms with Gasteiger partial charge in [-0.1, -0.05) is 13.8 Å². The Labute approximate surface area is 96.7 Å². The van der Waals surface area contributed by atoms with Gasteiger partial charge < -0.3 is 5.73 Å². The quantitative estimate of drug-likeness (QED) is 0.772. The average molecular weight is 221 g/mol. The summed E-state index contributed by atoms with van der Waals surface area (Å²) in [6, 6.07) is 2.05. The maximum Gasteiger partial charge on any atom is 0.0861 e. The zero-order valence-corrected chi connectivity index (χ0v) is 10.6. The Balaban J connectivity index is 2.84. The van der Waals surface area contributed by atoms with Crippen LogP contribution in [0.3, 0.4) is 0 Å². The molecule has 82 valence electrons. The molecule has 1 aromatic heterocycles. The lowest BCUT2D eigenvalue weighted by Gasteiger charge is -2.25. The molecular weight excluding hydrogens is 202 g/mol. The molecule has 1 unspecified atom stereocenters. The number of rotatable bonds is 4. The lowest BCUT2D eigenvalue weighted by atomic mass is 9.80. The van der Waals surface area contributed by atoms with E-state index in [1.807, 2.05) is 6.07 Å². The lowest BCUT2D eigenvalue weighted by molar-refractivity contribution is 0.320. The Hall–Kier alpha value is -0.940. The molecule has 1 rings (SSSR count). The van der Waals surface area contributed by atoms with Gasteiger partial charge in [-0.05, 0) is 36.8 Å². The standard InChI is InChI=1S/C13H19NS/c1-5-7-13(4,6-2)9-11-10(3)8-12(14)15-11/h1,8H,6-7,9,14H2,2-4H3. The van der Waals surface area contributed by atoms with Gasteiger partial charge in [-0.25, -0.2) is 0 Å². The van der Waals surface area contributed by atoms with Crippen molar-refractivity contribution in [1.82, 2.24) is 0 Å². The van der Waals surface area contributed by atoms with Gasteiger partial charge in [0.1, 0.15) is 0 Å². The fourth-order valence-electron chi connectivity index (χ4n) is 1.67. The van der Waals surface area contributed by atoms with Crippen molar-refractivity contribution in [2.24, 2.45) is 5.41 Å². The molecule has 0 fully saturated rings. The number of hydrogen-bond donors (Lipinski definition) is 1. The van der Waals surface area contributed by atoms with Gasteiger partial charge in [-0.3, -0.25) is 0 Å². The first-order valence-electron chi connectivity index (χ1n) is 5.29. The molecule has 0 saturated carbocycles. The average Bonchev–Trinajstić information content (AvgIpc) is 2.45. The van der Waals surface area contributed by atoms with Gasteiger partial charge in [0.25, 0.3) is 0 Å². The number of aryl methyl sites for hydroxylation is 1. The van der Waals surface area contributed by atoms with E-state index in [1.165, 1.54) is 10.4 Å². The van der Waals surface area contributed by atoms with Crippen LogP contribution < -0.4 is 5.73 Å². The van der Waals surface area contributed by atoms with E-state index in [-0.39, 0.29) is 5.41 Å². The van der Waals surface area contributed by atoms with Crippen molar-refractivity contribution in [1.29, 1.82) is 0 Å². The van der Waals surface area contributed by atoms with E-state index in [1.54, 1.807) is 11.3 Å². The minimum absolute atomic E-state index is 0.219. The molecule has 0 amide bonds. The van der Waals surface area contributed by atoms with Crippen molar-refractivity contribution in [2.45, 2.75) is 40.0 Å². The van der Waals surface area contributed by atoms with Crippen LogP contribution >= 0.6 is 11.3 Å². The Kier molecular flexibility index (Phi) is 3.82. The normalized spacial score (nSPS) is 14.5. The monoisotopic (exact) mass is 221 g/mol. The summed E-state index contributed by atoms with van der Waals surface area (Å²) in [5.41, 5.74) is 7.31. The summed E-state index contributed by atoms with van der Waals surface area (Å²) in [6.07, 6.45) is 8.40. The fourth-order valence-corrected chi connectivity index (χ4v) is 2.83. The topological polar surface area (TPSA) is 26.0 Å². The van der Waals surface area contributed by atoms with Crippen molar-refractivity contribution >= 4 is 16.3 Å². The van der Waals surface area contributed by atoms with Crippen molar-refractivity contribution in [3.05, 3.63) is 16.5 Å². The van der Waals surface area contributed by atoms with Crippen molar-refractivity contribution in [3.63, 3.8) is 0 Å². The van der Waals surface area contributed by atoms with E-state index >= 15 is 0 Å². The molecule has 1 heterocycles. The van der Waals surface area contributed by atoms with Crippen LogP contribution in [-0.4, -0.2) is 0 Å². The number of hydrogen-bond acceptors (Lipinski definition) is 2. The highest BCUT2D eigenvalue weighted by molar-refractivity contribution is 7.16. The third-order valence-corrected chi connectivity index (χ3v) is 4.08. The van der Waals surface area contributed by atoms with E-state index in [0.29, 0.717) is 0 Å². The van der Waals surface area contributed by atoms with Gasteiger partial charge in [-0.2, -0.15) is 0 Å². The Morgan fingerprint density at radius 2 is 2.27 bits per heavy atom. The number of nitrogens with two attached hydrogens (primary N) is 1. The molecule has 2 N–H and O–H groups in total. The van der Waals surface area contributed by atoms with Gasteiger partial charge >= 0.3 is 0 Å². The van der Waals surface area contributed by atoms with E-state index < -0.39 is 0 Å². The highest BCUT2D eigenvalue weighted by Gasteiger charge is 2.23. The van der Waals surface area contributed by atoms with Crippen LogP contribution in [0.5, 0.6) is 0 Å². The Morgan fingerprint density at radius 3 is 2.67 bits per heavy atom. The van der Waals surface area contributed by atoms with Crippen molar-refractivity contribution in [2.75, 3.05) is 5.73 Å². The molecule has 2 heteroatoms. The van der Waals surface area contributed by atoms with Crippen LogP contribution in [0, 0.1) is 24.7 Å². The second-order valence-electron chi connectivity index (χ2n) is 4.48. The van der Waals surface area contributed by atoms with Crippen LogP contribution in [0.4, 0.5) is 5.00 Å². The molecule has 0 aliphatic heterocycles. The molecule has 1 atom stereocenters. The third kappa shape index (κ3) is 3.00. The summed E-state index contributed by atoms with van der Waals surface area (Å²) in [6.45, 7) is 6.57. The molecule has 0 aliphatic rings. The predicted molar refractivity (Wildman–Crippen MR) is 69.0 cm³/mol. The van der Waals surface area contributed by atoms with Crippen LogP contribution in [0.25, 0.3) is 0 Å². The highest BCUT2D eigenvalue weighted by atomic mass is 32.1. The third-order valence-electron chi connectivity index (χ3n) is 3.01. The van der Waals surface area contributed by atoms with Gasteiger partial charge in [-0.15, -0.1) is 23.7 Å². The second kappa shape index (κ2) is 4.72. The molecule has 1 nitrogen and oxygen atoms in total. The molecule has 15 heavy (non-hydrogen) atoms. The van der Waals surface area contributed by atoms with Crippen LogP contribution in [0.2, 0.25) is 0 Å². The molecule has 0 aromatic carbocycles. The minimum atomic E-state index is 0.219. The maximum absolute atomic E-state index is 5.79. The first-order valence-corrected chi connectivity index (χ1v) is 6.10. The first kappa shape index (κ1) is 12.1. The highest BCUT2D eigenvalue weighted by Crippen LogP contribution is 2.35. The Morgan fingerprint density at radius 1 is 1.60 bits per heavy atom. The SMILES string of the molecule is C#CCC(C)(CC)Cc1sc(N)cc1C. The molecule has 0 spiro atoms. The van der Waals surface area contributed by atoms with E-state index in [2.05, 4.69) is 26.7 Å². The largest absolute Gasteiger partial charge is 0.391 e. The Bertz CT molecular complexity index is 372. The van der Waals surface area contributed by atoms with Gasteiger partial charge in [0.05, 0.1) is 5.00 Å². The van der Waals surface area contributed by atoms with Gasteiger partial charge in [0.15, 0.2) is 0 Å². The molecule has 1 aromatic rings. The molecular formula is C13H19NS. The zero-order chi connectivity index (χ0) is 11.5. The fraction of sp³-hybridized carbons (Fsp3) is 0.538. The van der Waals surface area contributed by atoms with Crippen LogP contribution in [-0.2, 0) is 6.42 Å². The lowest BCUT2D eigenvalue weighted by Crippen LogP contribution is -2.17. The number of anilines is 1. The van der Waals surface area contributed by atoms with Gasteiger partial charge in [0.2, 0.25) is 0 Å². The smallest absolute Gasteiger partial charge is 0.0861 e. The molecule has 0 radical (unpaired) electrons. The molecule has 0 aliphatic carbocycles. The predicted octanol–water partition coefficient (Wildman–Crippen LogP) is 3.62. The molecule has 0 bridgehead atoms. The minimum Gasteiger partial charge on any atom is -0.391 e. The zero-order valence-electron chi connectivity index (χ0n) is 9.76. The summed E-state index contributed by atoms with van der Waals surface area (Å²) in [7, 11) is 0. The van der Waals surface area contributed by atoms with Gasteiger partial charge in [0, 0.05) is 11.3 Å². The number of terminal acetylenes is 1. The summed E-state index contributed by atoms with van der Waals surface area (Å²) >= 11 is 1.69. The second-order valence-corrected chi connectivity index (χ2v) is 5.65. The number of nitrogen functional groups attached to an aromatic ring is 1. The summed E-state index contributed by atoms with van der Waals surface area (Å²) < 4.78 is 0. The van der Waals surface area contributed by atoms with E-state index in [4.69, 9.17) is 12.2 Å². The van der Waals surface area contributed by atoms with Crippen LogP contribution in [0.1, 0.15) is 37.1 Å². The van der Waals surface area contributed by atoms with Crippen molar-refractivity contribution in [3.8, 4) is 12.3 Å². The summed E-state index contributed by atoms with van der Waals surface area (Å²) in [4.78, 5) is 1.38. The maximum atomic E-state index is 5.79. The van der Waals surface area contributed by atoms with E-state index in [0.717, 1.165) is 24.3 Å².